The first-order valence-corrected chi connectivity index (χ1v) is 5.09. The minimum Gasteiger partial charge on any atom is -0.461 e. The summed E-state index contributed by atoms with van der Waals surface area (Å²) in [7, 11) is 0. The van der Waals surface area contributed by atoms with Gasteiger partial charge in [-0.3, -0.25) is 0 Å². The van der Waals surface area contributed by atoms with Gasteiger partial charge < -0.3 is 9.30 Å². The lowest BCUT2D eigenvalue weighted by Gasteiger charge is -2.22. The Hall–Kier alpha value is -1.32. The summed E-state index contributed by atoms with van der Waals surface area (Å²) < 4.78 is 6.89. The molecular formula is C11H18N2O2. The minimum absolute atomic E-state index is 0.0676. The molecule has 1 rings (SSSR count). The largest absolute Gasteiger partial charge is 0.461 e. The molecule has 0 atom stereocenters. The summed E-state index contributed by atoms with van der Waals surface area (Å²) >= 11 is 0. The van der Waals surface area contributed by atoms with Crippen molar-refractivity contribution in [2.24, 2.45) is 0 Å². The van der Waals surface area contributed by atoms with E-state index in [2.05, 4.69) is 25.8 Å². The number of esters is 1. The first-order valence-electron chi connectivity index (χ1n) is 5.09. The third-order valence-electron chi connectivity index (χ3n) is 2.20. The van der Waals surface area contributed by atoms with Crippen LogP contribution in [0.4, 0.5) is 0 Å². The lowest BCUT2D eigenvalue weighted by atomic mass is 10.1. The van der Waals surface area contributed by atoms with Crippen LogP contribution in [-0.4, -0.2) is 22.1 Å². The third kappa shape index (κ3) is 2.37. The van der Waals surface area contributed by atoms with Gasteiger partial charge in [-0.2, -0.15) is 0 Å². The standard InChI is InChI=1S/C11H18N2O2/c1-6-15-10(14)9-8(2)13(7-12-9)11(3,4)5/h7H,6H2,1-5H3. The monoisotopic (exact) mass is 210 g/mol. The van der Waals surface area contributed by atoms with Crippen LogP contribution in [0.2, 0.25) is 0 Å². The molecule has 15 heavy (non-hydrogen) atoms. The lowest BCUT2D eigenvalue weighted by molar-refractivity contribution is 0.0519. The van der Waals surface area contributed by atoms with Crippen molar-refractivity contribution >= 4 is 5.97 Å². The van der Waals surface area contributed by atoms with E-state index in [4.69, 9.17) is 4.74 Å². The van der Waals surface area contributed by atoms with Crippen LogP contribution < -0.4 is 0 Å². The molecule has 1 aromatic heterocycles. The van der Waals surface area contributed by atoms with Crippen molar-refractivity contribution in [2.75, 3.05) is 6.61 Å². The molecule has 0 aliphatic rings. The van der Waals surface area contributed by atoms with Gasteiger partial charge in [0.2, 0.25) is 0 Å². The van der Waals surface area contributed by atoms with E-state index in [0.717, 1.165) is 5.69 Å². The fourth-order valence-electron chi connectivity index (χ4n) is 1.49. The molecule has 4 heteroatoms. The smallest absolute Gasteiger partial charge is 0.358 e. The fraction of sp³-hybridized carbons (Fsp3) is 0.636. The normalized spacial score (nSPS) is 11.5. The van der Waals surface area contributed by atoms with Gasteiger partial charge in [0.1, 0.15) is 0 Å². The van der Waals surface area contributed by atoms with Gasteiger partial charge in [0, 0.05) is 11.2 Å². The number of rotatable bonds is 2. The SMILES string of the molecule is CCOC(=O)c1ncn(C(C)(C)C)c1C. The minimum atomic E-state index is -0.349. The van der Waals surface area contributed by atoms with Gasteiger partial charge in [0.05, 0.1) is 12.9 Å². The average molecular weight is 210 g/mol. The Morgan fingerprint density at radius 3 is 2.53 bits per heavy atom. The summed E-state index contributed by atoms with van der Waals surface area (Å²) in [5.74, 6) is -0.349. The number of carbonyl (C=O) groups excluding carboxylic acids is 1. The summed E-state index contributed by atoms with van der Waals surface area (Å²) in [6.07, 6.45) is 1.68. The maximum atomic E-state index is 11.5. The van der Waals surface area contributed by atoms with E-state index < -0.39 is 0 Å². The Morgan fingerprint density at radius 1 is 1.53 bits per heavy atom. The van der Waals surface area contributed by atoms with Crippen LogP contribution >= 0.6 is 0 Å². The highest BCUT2D eigenvalue weighted by molar-refractivity contribution is 5.88. The molecule has 0 fully saturated rings. The summed E-state index contributed by atoms with van der Waals surface area (Å²) in [6, 6.07) is 0. The van der Waals surface area contributed by atoms with Gasteiger partial charge >= 0.3 is 5.97 Å². The molecule has 0 saturated heterocycles. The maximum absolute atomic E-state index is 11.5. The van der Waals surface area contributed by atoms with Crippen molar-refractivity contribution in [3.8, 4) is 0 Å². The van der Waals surface area contributed by atoms with Crippen LogP contribution in [0.3, 0.4) is 0 Å². The molecule has 0 radical (unpaired) electrons. The number of aromatic nitrogens is 2. The predicted octanol–water partition coefficient (Wildman–Crippen LogP) is 2.12. The third-order valence-corrected chi connectivity index (χ3v) is 2.20. The molecule has 1 aromatic rings. The van der Waals surface area contributed by atoms with Gasteiger partial charge in [-0.25, -0.2) is 9.78 Å². The Bertz CT molecular complexity index is 361. The topological polar surface area (TPSA) is 44.1 Å². The Labute approximate surface area is 90.3 Å². The molecule has 0 bridgehead atoms. The molecule has 1 heterocycles. The highest BCUT2D eigenvalue weighted by atomic mass is 16.5. The van der Waals surface area contributed by atoms with Gasteiger partial charge in [0.15, 0.2) is 5.69 Å². The average Bonchev–Trinajstić information content (AvgIpc) is 2.46. The van der Waals surface area contributed by atoms with Gasteiger partial charge in [-0.05, 0) is 34.6 Å². The molecular weight excluding hydrogens is 192 g/mol. The van der Waals surface area contributed by atoms with Gasteiger partial charge in [-0.1, -0.05) is 0 Å². The van der Waals surface area contributed by atoms with Crippen LogP contribution in [-0.2, 0) is 10.3 Å². The molecule has 0 aliphatic carbocycles. The molecule has 0 amide bonds. The summed E-state index contributed by atoms with van der Waals surface area (Å²) in [5, 5.41) is 0. The highest BCUT2D eigenvalue weighted by Gasteiger charge is 2.21. The molecule has 0 aliphatic heterocycles. The molecule has 84 valence electrons. The van der Waals surface area contributed by atoms with E-state index in [1.54, 1.807) is 13.3 Å². The first-order chi connectivity index (χ1) is 6.88. The number of imidazole rings is 1. The molecule has 0 N–H and O–H groups in total. The number of ether oxygens (including phenoxy) is 1. The Morgan fingerprint density at radius 2 is 2.13 bits per heavy atom. The lowest BCUT2D eigenvalue weighted by Crippen LogP contribution is -2.22. The van der Waals surface area contributed by atoms with E-state index in [1.165, 1.54) is 0 Å². The molecule has 0 aromatic carbocycles. The maximum Gasteiger partial charge on any atom is 0.358 e. The second-order valence-electron chi connectivity index (χ2n) is 4.44. The zero-order chi connectivity index (χ0) is 11.6. The Kier molecular flexibility index (Phi) is 3.17. The van der Waals surface area contributed by atoms with Crippen LogP contribution in [0.5, 0.6) is 0 Å². The number of carbonyl (C=O) groups is 1. The van der Waals surface area contributed by atoms with Crippen molar-refractivity contribution in [1.82, 2.24) is 9.55 Å². The molecule has 4 nitrogen and oxygen atoms in total. The van der Waals surface area contributed by atoms with E-state index in [-0.39, 0.29) is 11.5 Å². The van der Waals surface area contributed by atoms with Gasteiger partial charge in [0.25, 0.3) is 0 Å². The second-order valence-corrected chi connectivity index (χ2v) is 4.44. The summed E-state index contributed by atoms with van der Waals surface area (Å²) in [5.41, 5.74) is 1.19. The molecule has 0 saturated carbocycles. The zero-order valence-corrected chi connectivity index (χ0v) is 10.00. The van der Waals surface area contributed by atoms with Crippen molar-refractivity contribution < 1.29 is 9.53 Å². The Balaban J connectivity index is 3.04. The van der Waals surface area contributed by atoms with Crippen molar-refractivity contribution in [3.63, 3.8) is 0 Å². The van der Waals surface area contributed by atoms with E-state index in [1.807, 2.05) is 11.5 Å². The zero-order valence-electron chi connectivity index (χ0n) is 10.00. The molecule has 0 spiro atoms. The fourth-order valence-corrected chi connectivity index (χ4v) is 1.49. The quantitative estimate of drug-likeness (QED) is 0.702. The molecule has 0 unspecified atom stereocenters. The van der Waals surface area contributed by atoms with Crippen LogP contribution in [0.25, 0.3) is 0 Å². The second kappa shape index (κ2) is 4.04. The van der Waals surface area contributed by atoms with Crippen LogP contribution in [0.15, 0.2) is 6.33 Å². The number of nitrogens with zero attached hydrogens (tertiary/aromatic N) is 2. The summed E-state index contributed by atoms with van der Waals surface area (Å²) in [6.45, 7) is 10.2. The van der Waals surface area contributed by atoms with E-state index in [9.17, 15) is 4.79 Å². The number of hydrogen-bond acceptors (Lipinski definition) is 3. The van der Waals surface area contributed by atoms with Crippen LogP contribution in [0, 0.1) is 6.92 Å². The van der Waals surface area contributed by atoms with Crippen molar-refractivity contribution in [1.29, 1.82) is 0 Å². The van der Waals surface area contributed by atoms with Crippen molar-refractivity contribution in [3.05, 3.63) is 17.7 Å². The predicted molar refractivity (Wildman–Crippen MR) is 57.9 cm³/mol. The first kappa shape index (κ1) is 11.8. The van der Waals surface area contributed by atoms with Crippen molar-refractivity contribution in [2.45, 2.75) is 40.2 Å². The summed E-state index contributed by atoms with van der Waals surface area (Å²) in [4.78, 5) is 15.6. The van der Waals surface area contributed by atoms with E-state index in [0.29, 0.717) is 12.3 Å². The van der Waals surface area contributed by atoms with Gasteiger partial charge in [-0.15, -0.1) is 0 Å². The van der Waals surface area contributed by atoms with E-state index >= 15 is 0 Å². The number of hydrogen-bond donors (Lipinski definition) is 0. The highest BCUT2D eigenvalue weighted by Crippen LogP contribution is 2.18. The van der Waals surface area contributed by atoms with Crippen LogP contribution in [0.1, 0.15) is 43.9 Å².